The number of halogens is 1. The molecule has 2 fully saturated rings. The number of rotatable bonds is 2. The van der Waals surface area contributed by atoms with E-state index < -0.39 is 0 Å². The van der Waals surface area contributed by atoms with Gasteiger partial charge in [0.1, 0.15) is 4.88 Å². The maximum absolute atomic E-state index is 12.6. The standard InChI is InChI=1S/C16H24BrN3OS/c1-11-4-3-7-20(10-11)13-5-8-19(9-6-13)15(21)14-12(2)18-16(17)22-14/h11,13H,3-10H2,1-2H3/t11-/m1/s1. The molecule has 0 saturated carbocycles. The molecule has 0 aromatic carbocycles. The molecule has 122 valence electrons. The van der Waals surface area contributed by atoms with Crippen molar-refractivity contribution in [2.45, 2.75) is 45.6 Å². The van der Waals surface area contributed by atoms with Crippen molar-refractivity contribution in [3.63, 3.8) is 0 Å². The Labute approximate surface area is 145 Å². The highest BCUT2D eigenvalue weighted by Gasteiger charge is 2.30. The number of aryl methyl sites for hydroxylation is 1. The third kappa shape index (κ3) is 3.54. The zero-order valence-electron chi connectivity index (χ0n) is 13.3. The van der Waals surface area contributed by atoms with Gasteiger partial charge in [-0.05, 0) is 61.0 Å². The maximum Gasteiger partial charge on any atom is 0.265 e. The molecule has 22 heavy (non-hydrogen) atoms. The van der Waals surface area contributed by atoms with Crippen LogP contribution in [0.1, 0.15) is 48.0 Å². The second-order valence-electron chi connectivity index (χ2n) is 6.65. The Morgan fingerprint density at radius 2 is 2.00 bits per heavy atom. The van der Waals surface area contributed by atoms with E-state index in [0.717, 1.165) is 46.3 Å². The number of hydrogen-bond donors (Lipinski definition) is 0. The molecule has 0 bridgehead atoms. The minimum Gasteiger partial charge on any atom is -0.338 e. The average molecular weight is 386 g/mol. The first-order valence-electron chi connectivity index (χ1n) is 8.21. The zero-order valence-corrected chi connectivity index (χ0v) is 15.8. The van der Waals surface area contributed by atoms with Crippen LogP contribution in [0.5, 0.6) is 0 Å². The van der Waals surface area contributed by atoms with Crippen molar-refractivity contribution in [1.29, 1.82) is 0 Å². The number of piperidine rings is 2. The van der Waals surface area contributed by atoms with Crippen molar-refractivity contribution in [3.8, 4) is 0 Å². The van der Waals surface area contributed by atoms with Crippen LogP contribution in [-0.2, 0) is 0 Å². The van der Waals surface area contributed by atoms with Gasteiger partial charge in [-0.25, -0.2) is 4.98 Å². The minimum absolute atomic E-state index is 0.158. The third-order valence-electron chi connectivity index (χ3n) is 4.92. The third-order valence-corrected chi connectivity index (χ3v) is 6.52. The van der Waals surface area contributed by atoms with Gasteiger partial charge in [-0.1, -0.05) is 6.92 Å². The van der Waals surface area contributed by atoms with Crippen LogP contribution in [0.15, 0.2) is 3.92 Å². The molecule has 3 rings (SSSR count). The van der Waals surface area contributed by atoms with Gasteiger partial charge in [-0.15, -0.1) is 11.3 Å². The molecule has 2 aliphatic heterocycles. The molecule has 0 N–H and O–H groups in total. The molecule has 0 spiro atoms. The van der Waals surface area contributed by atoms with Gasteiger partial charge in [0.25, 0.3) is 5.91 Å². The molecule has 2 aliphatic rings. The highest BCUT2D eigenvalue weighted by atomic mass is 79.9. The van der Waals surface area contributed by atoms with E-state index in [1.165, 1.54) is 37.3 Å². The molecule has 3 heterocycles. The second-order valence-corrected chi connectivity index (χ2v) is 8.92. The fourth-order valence-electron chi connectivity index (χ4n) is 3.70. The molecule has 1 aromatic heterocycles. The summed E-state index contributed by atoms with van der Waals surface area (Å²) in [4.78, 5) is 22.4. The van der Waals surface area contributed by atoms with Crippen LogP contribution < -0.4 is 0 Å². The summed E-state index contributed by atoms with van der Waals surface area (Å²) in [6.45, 7) is 8.50. The van der Waals surface area contributed by atoms with Crippen molar-refractivity contribution in [3.05, 3.63) is 14.5 Å². The van der Waals surface area contributed by atoms with Gasteiger partial charge in [0.05, 0.1) is 5.69 Å². The van der Waals surface area contributed by atoms with E-state index >= 15 is 0 Å². The number of thiazole rings is 1. The van der Waals surface area contributed by atoms with Crippen LogP contribution in [0.3, 0.4) is 0 Å². The van der Waals surface area contributed by atoms with Crippen LogP contribution in [0.4, 0.5) is 0 Å². The number of carbonyl (C=O) groups excluding carboxylic acids is 1. The van der Waals surface area contributed by atoms with Gasteiger partial charge in [0.15, 0.2) is 3.92 Å². The first-order valence-corrected chi connectivity index (χ1v) is 9.82. The largest absolute Gasteiger partial charge is 0.338 e. The first kappa shape index (κ1) is 16.4. The number of hydrogen-bond acceptors (Lipinski definition) is 4. The number of aromatic nitrogens is 1. The highest BCUT2D eigenvalue weighted by molar-refractivity contribution is 9.11. The van der Waals surface area contributed by atoms with Gasteiger partial charge < -0.3 is 4.90 Å². The van der Waals surface area contributed by atoms with Gasteiger partial charge in [0.2, 0.25) is 0 Å². The zero-order chi connectivity index (χ0) is 15.7. The molecular formula is C16H24BrN3OS. The summed E-state index contributed by atoms with van der Waals surface area (Å²) in [6, 6.07) is 0.668. The van der Waals surface area contributed by atoms with Crippen LogP contribution in [0.2, 0.25) is 0 Å². The quantitative estimate of drug-likeness (QED) is 0.780. The maximum atomic E-state index is 12.6. The molecule has 0 unspecified atom stereocenters. The van der Waals surface area contributed by atoms with Crippen LogP contribution >= 0.6 is 27.3 Å². The second kappa shape index (κ2) is 6.97. The number of carbonyl (C=O) groups is 1. The lowest BCUT2D eigenvalue weighted by atomic mass is 9.95. The Morgan fingerprint density at radius 1 is 1.27 bits per heavy atom. The fourth-order valence-corrected chi connectivity index (χ4v) is 5.21. The summed E-state index contributed by atoms with van der Waals surface area (Å²) < 4.78 is 0.797. The summed E-state index contributed by atoms with van der Waals surface area (Å²) >= 11 is 4.82. The summed E-state index contributed by atoms with van der Waals surface area (Å²) in [6.07, 6.45) is 4.91. The van der Waals surface area contributed by atoms with Crippen molar-refractivity contribution in [2.24, 2.45) is 5.92 Å². The molecule has 2 saturated heterocycles. The lowest BCUT2D eigenvalue weighted by Crippen LogP contribution is -2.49. The average Bonchev–Trinajstić information content (AvgIpc) is 2.85. The summed E-state index contributed by atoms with van der Waals surface area (Å²) in [5.41, 5.74) is 0.842. The Bertz CT molecular complexity index is 539. The predicted molar refractivity (Wildman–Crippen MR) is 93.4 cm³/mol. The fraction of sp³-hybridized carbons (Fsp3) is 0.750. The van der Waals surface area contributed by atoms with Crippen molar-refractivity contribution in [2.75, 3.05) is 26.2 Å². The van der Waals surface area contributed by atoms with Crippen LogP contribution in [0.25, 0.3) is 0 Å². The molecule has 1 amide bonds. The van der Waals surface area contributed by atoms with Crippen molar-refractivity contribution in [1.82, 2.24) is 14.8 Å². The summed E-state index contributed by atoms with van der Waals surface area (Å²) in [7, 11) is 0. The molecule has 1 aromatic rings. The summed E-state index contributed by atoms with van der Waals surface area (Å²) in [5.74, 6) is 0.983. The van der Waals surface area contributed by atoms with Crippen molar-refractivity contribution < 1.29 is 4.79 Å². The minimum atomic E-state index is 0.158. The van der Waals surface area contributed by atoms with Gasteiger partial charge >= 0.3 is 0 Å². The number of likely N-dealkylation sites (tertiary alicyclic amines) is 2. The van der Waals surface area contributed by atoms with Crippen LogP contribution in [-0.4, -0.2) is 52.9 Å². The van der Waals surface area contributed by atoms with E-state index in [4.69, 9.17) is 0 Å². The SMILES string of the molecule is Cc1nc(Br)sc1C(=O)N1CCC(N2CCC[C@@H](C)C2)CC1. The number of nitrogens with zero attached hydrogens (tertiary/aromatic N) is 3. The van der Waals surface area contributed by atoms with E-state index in [-0.39, 0.29) is 5.91 Å². The normalized spacial score (nSPS) is 24.7. The summed E-state index contributed by atoms with van der Waals surface area (Å²) in [5, 5.41) is 0. The van der Waals surface area contributed by atoms with Crippen molar-refractivity contribution >= 4 is 33.2 Å². The van der Waals surface area contributed by atoms with Gasteiger partial charge in [-0.3, -0.25) is 9.69 Å². The monoisotopic (exact) mass is 385 g/mol. The first-order chi connectivity index (χ1) is 10.5. The lowest BCUT2D eigenvalue weighted by molar-refractivity contribution is 0.0545. The lowest BCUT2D eigenvalue weighted by Gasteiger charge is -2.41. The van der Waals surface area contributed by atoms with Gasteiger partial charge in [-0.2, -0.15) is 0 Å². The smallest absolute Gasteiger partial charge is 0.265 e. The van der Waals surface area contributed by atoms with E-state index in [1.807, 2.05) is 11.8 Å². The molecule has 0 radical (unpaired) electrons. The van der Waals surface area contributed by atoms with E-state index in [2.05, 4.69) is 32.7 Å². The number of amides is 1. The Morgan fingerprint density at radius 3 is 2.59 bits per heavy atom. The molecule has 0 aliphatic carbocycles. The van der Waals surface area contributed by atoms with E-state index in [0.29, 0.717) is 6.04 Å². The molecular weight excluding hydrogens is 362 g/mol. The van der Waals surface area contributed by atoms with E-state index in [9.17, 15) is 4.79 Å². The van der Waals surface area contributed by atoms with Gasteiger partial charge in [0, 0.05) is 25.7 Å². The molecule has 6 heteroatoms. The molecule has 1 atom stereocenters. The Hall–Kier alpha value is -0.460. The van der Waals surface area contributed by atoms with E-state index in [1.54, 1.807) is 0 Å². The Kier molecular flexibility index (Phi) is 5.20. The van der Waals surface area contributed by atoms with Crippen LogP contribution in [0, 0.1) is 12.8 Å². The topological polar surface area (TPSA) is 36.4 Å². The predicted octanol–water partition coefficient (Wildman–Crippen LogP) is 3.55. The highest BCUT2D eigenvalue weighted by Crippen LogP contribution is 2.27. The Balaban J connectivity index is 1.57. The molecule has 4 nitrogen and oxygen atoms in total.